The van der Waals surface area contributed by atoms with Gasteiger partial charge in [0, 0.05) is 20.6 Å². The molecule has 4 heteroatoms. The zero-order valence-electron chi connectivity index (χ0n) is 7.61. The minimum atomic E-state index is 0.0116. The smallest absolute Gasteiger partial charge is 0.271 e. The van der Waals surface area contributed by atoms with E-state index in [0.717, 1.165) is 0 Å². The SMILES string of the molecule is CCN(C)C(=O)c1cncn1C. The summed E-state index contributed by atoms with van der Waals surface area (Å²) < 4.78 is 1.72. The van der Waals surface area contributed by atoms with Crippen LogP contribution in [0.15, 0.2) is 12.5 Å². The van der Waals surface area contributed by atoms with Crippen LogP contribution in [-0.4, -0.2) is 34.0 Å². The van der Waals surface area contributed by atoms with Crippen molar-refractivity contribution >= 4 is 5.91 Å². The van der Waals surface area contributed by atoms with E-state index in [1.807, 2.05) is 14.0 Å². The fraction of sp³-hybridized carbons (Fsp3) is 0.500. The number of amides is 1. The molecule has 12 heavy (non-hydrogen) atoms. The van der Waals surface area contributed by atoms with Crippen molar-refractivity contribution in [2.75, 3.05) is 13.6 Å². The van der Waals surface area contributed by atoms with Crippen molar-refractivity contribution in [3.05, 3.63) is 18.2 Å². The van der Waals surface area contributed by atoms with E-state index < -0.39 is 0 Å². The second kappa shape index (κ2) is 3.38. The number of nitrogens with zero attached hydrogens (tertiary/aromatic N) is 3. The molecule has 0 aromatic carbocycles. The standard InChI is InChI=1S/C8H13N3O/c1-4-10(2)8(12)7-5-9-6-11(7)3/h5-6H,4H2,1-3H3. The molecule has 0 atom stereocenters. The molecular weight excluding hydrogens is 154 g/mol. The van der Waals surface area contributed by atoms with E-state index in [0.29, 0.717) is 12.2 Å². The van der Waals surface area contributed by atoms with Crippen LogP contribution in [-0.2, 0) is 7.05 Å². The molecule has 66 valence electrons. The summed E-state index contributed by atoms with van der Waals surface area (Å²) in [6.07, 6.45) is 3.20. The minimum Gasteiger partial charge on any atom is -0.341 e. The van der Waals surface area contributed by atoms with Crippen molar-refractivity contribution in [2.24, 2.45) is 7.05 Å². The maximum atomic E-state index is 11.5. The molecule has 0 unspecified atom stereocenters. The van der Waals surface area contributed by atoms with Gasteiger partial charge in [-0.3, -0.25) is 4.79 Å². The highest BCUT2D eigenvalue weighted by molar-refractivity contribution is 5.92. The number of aryl methyl sites for hydroxylation is 1. The van der Waals surface area contributed by atoms with E-state index in [1.54, 1.807) is 29.0 Å². The first kappa shape index (κ1) is 8.77. The quantitative estimate of drug-likeness (QED) is 0.643. The van der Waals surface area contributed by atoms with Gasteiger partial charge in [0.1, 0.15) is 5.69 Å². The average molecular weight is 167 g/mol. The summed E-state index contributed by atoms with van der Waals surface area (Å²) in [7, 11) is 3.58. The van der Waals surface area contributed by atoms with Crippen LogP contribution < -0.4 is 0 Å². The van der Waals surface area contributed by atoms with Gasteiger partial charge in [0.15, 0.2) is 0 Å². The molecule has 0 N–H and O–H groups in total. The second-order valence-corrected chi connectivity index (χ2v) is 2.71. The van der Waals surface area contributed by atoms with Crippen molar-refractivity contribution in [2.45, 2.75) is 6.92 Å². The zero-order valence-corrected chi connectivity index (χ0v) is 7.61. The first-order chi connectivity index (χ1) is 5.66. The van der Waals surface area contributed by atoms with E-state index in [-0.39, 0.29) is 5.91 Å². The number of hydrogen-bond donors (Lipinski definition) is 0. The Bertz CT molecular complexity index is 280. The first-order valence-corrected chi connectivity index (χ1v) is 3.88. The van der Waals surface area contributed by atoms with E-state index >= 15 is 0 Å². The lowest BCUT2D eigenvalue weighted by Crippen LogP contribution is -2.27. The van der Waals surface area contributed by atoms with Crippen LogP contribution in [0.2, 0.25) is 0 Å². The van der Waals surface area contributed by atoms with Gasteiger partial charge in [0.25, 0.3) is 5.91 Å². The van der Waals surface area contributed by atoms with Crippen molar-refractivity contribution in [1.29, 1.82) is 0 Å². The van der Waals surface area contributed by atoms with Gasteiger partial charge in [-0.25, -0.2) is 4.98 Å². The number of rotatable bonds is 2. The molecule has 1 amide bonds. The highest BCUT2D eigenvalue weighted by Crippen LogP contribution is 2.00. The maximum Gasteiger partial charge on any atom is 0.271 e. The van der Waals surface area contributed by atoms with Crippen molar-refractivity contribution in [1.82, 2.24) is 14.5 Å². The van der Waals surface area contributed by atoms with Gasteiger partial charge < -0.3 is 9.47 Å². The Morgan fingerprint density at radius 2 is 2.42 bits per heavy atom. The summed E-state index contributed by atoms with van der Waals surface area (Å²) in [5, 5.41) is 0. The minimum absolute atomic E-state index is 0.0116. The van der Waals surface area contributed by atoms with Crippen molar-refractivity contribution in [3.63, 3.8) is 0 Å². The van der Waals surface area contributed by atoms with Crippen LogP contribution in [0.5, 0.6) is 0 Å². The van der Waals surface area contributed by atoms with Gasteiger partial charge >= 0.3 is 0 Å². The highest BCUT2D eigenvalue weighted by Gasteiger charge is 2.12. The molecule has 0 saturated heterocycles. The molecule has 1 rings (SSSR count). The van der Waals surface area contributed by atoms with Crippen LogP contribution in [0.25, 0.3) is 0 Å². The Labute approximate surface area is 71.8 Å². The van der Waals surface area contributed by atoms with Crippen molar-refractivity contribution in [3.8, 4) is 0 Å². The monoisotopic (exact) mass is 167 g/mol. The highest BCUT2D eigenvalue weighted by atomic mass is 16.2. The predicted octanol–water partition coefficient (Wildman–Crippen LogP) is 0.512. The van der Waals surface area contributed by atoms with E-state index in [4.69, 9.17) is 0 Å². The zero-order chi connectivity index (χ0) is 9.14. The van der Waals surface area contributed by atoms with Crippen LogP contribution in [0.1, 0.15) is 17.4 Å². The van der Waals surface area contributed by atoms with Crippen LogP contribution in [0.4, 0.5) is 0 Å². The molecule has 1 aromatic heterocycles. The average Bonchev–Trinajstić information content (AvgIpc) is 2.48. The van der Waals surface area contributed by atoms with Gasteiger partial charge in [-0.2, -0.15) is 0 Å². The number of imidazole rings is 1. The molecule has 0 radical (unpaired) electrons. The van der Waals surface area contributed by atoms with Gasteiger partial charge in [0.2, 0.25) is 0 Å². The van der Waals surface area contributed by atoms with Gasteiger partial charge in [0.05, 0.1) is 12.5 Å². The van der Waals surface area contributed by atoms with Crippen LogP contribution >= 0.6 is 0 Å². The number of hydrogen-bond acceptors (Lipinski definition) is 2. The Morgan fingerprint density at radius 3 is 2.83 bits per heavy atom. The first-order valence-electron chi connectivity index (χ1n) is 3.88. The van der Waals surface area contributed by atoms with Gasteiger partial charge in [-0.1, -0.05) is 0 Å². The molecular formula is C8H13N3O. The summed E-state index contributed by atoms with van der Waals surface area (Å²) in [4.78, 5) is 17.0. The van der Waals surface area contributed by atoms with Crippen LogP contribution in [0.3, 0.4) is 0 Å². The lowest BCUT2D eigenvalue weighted by Gasteiger charge is -2.13. The van der Waals surface area contributed by atoms with E-state index in [1.165, 1.54) is 0 Å². The molecule has 0 fully saturated rings. The molecule has 1 aromatic rings. The van der Waals surface area contributed by atoms with Gasteiger partial charge in [-0.05, 0) is 6.92 Å². The van der Waals surface area contributed by atoms with E-state index in [9.17, 15) is 4.79 Å². The fourth-order valence-electron chi connectivity index (χ4n) is 0.902. The predicted molar refractivity (Wildman–Crippen MR) is 45.8 cm³/mol. The Kier molecular flexibility index (Phi) is 2.47. The Balaban J connectivity index is 2.85. The topological polar surface area (TPSA) is 38.1 Å². The Hall–Kier alpha value is -1.32. The summed E-state index contributed by atoms with van der Waals surface area (Å²) in [6, 6.07) is 0. The summed E-state index contributed by atoms with van der Waals surface area (Å²) in [5.41, 5.74) is 0.624. The second-order valence-electron chi connectivity index (χ2n) is 2.71. The normalized spacial score (nSPS) is 9.92. The largest absolute Gasteiger partial charge is 0.341 e. The third kappa shape index (κ3) is 1.47. The summed E-state index contributed by atoms with van der Waals surface area (Å²) >= 11 is 0. The van der Waals surface area contributed by atoms with Crippen molar-refractivity contribution < 1.29 is 4.79 Å². The molecule has 0 saturated carbocycles. The molecule has 0 bridgehead atoms. The number of carbonyl (C=O) groups is 1. The number of carbonyl (C=O) groups excluding carboxylic acids is 1. The third-order valence-electron chi connectivity index (χ3n) is 1.86. The molecule has 4 nitrogen and oxygen atoms in total. The van der Waals surface area contributed by atoms with E-state index in [2.05, 4.69) is 4.98 Å². The molecule has 0 spiro atoms. The molecule has 0 aliphatic rings. The molecule has 0 aliphatic carbocycles. The Morgan fingerprint density at radius 1 is 1.75 bits per heavy atom. The maximum absolute atomic E-state index is 11.5. The third-order valence-corrected chi connectivity index (χ3v) is 1.86. The lowest BCUT2D eigenvalue weighted by molar-refractivity contribution is 0.0793. The molecule has 0 aliphatic heterocycles. The molecule has 1 heterocycles. The summed E-state index contributed by atoms with van der Waals surface area (Å²) in [5.74, 6) is 0.0116. The van der Waals surface area contributed by atoms with Crippen LogP contribution in [0, 0.1) is 0 Å². The summed E-state index contributed by atoms with van der Waals surface area (Å²) in [6.45, 7) is 2.65. The van der Waals surface area contributed by atoms with Gasteiger partial charge in [-0.15, -0.1) is 0 Å². The fourth-order valence-corrected chi connectivity index (χ4v) is 0.902. The number of aromatic nitrogens is 2. The lowest BCUT2D eigenvalue weighted by atomic mass is 10.4.